The third-order valence-electron chi connectivity index (χ3n) is 15.8. The van der Waals surface area contributed by atoms with Crippen LogP contribution in [0.25, 0.3) is 49.7 Å². The second-order valence-electron chi connectivity index (χ2n) is 20.1. The Labute approximate surface area is 427 Å². The van der Waals surface area contributed by atoms with Crippen molar-refractivity contribution in [1.82, 2.24) is 4.57 Å². The highest BCUT2D eigenvalue weighted by Gasteiger charge is 2.46. The first-order chi connectivity index (χ1) is 36.0. The number of aromatic nitrogens is 1. The van der Waals surface area contributed by atoms with E-state index in [1.807, 2.05) is 0 Å². The van der Waals surface area contributed by atoms with E-state index in [9.17, 15) is 0 Å². The SMILES string of the molecule is CC1(C)c2ccccc2-c2ccc(N(c3ccccc3)c3ccc4c(c3)c3cc(C5(c6ccccc6)c6ccccc6-c6ccccc65)ccc3n4-c3ccc(N(c4ccccc4)c4ccccc4)cc3)cc21. The molecule has 2 aliphatic carbocycles. The lowest BCUT2D eigenvalue weighted by molar-refractivity contribution is 0.660. The predicted molar refractivity (Wildman–Crippen MR) is 305 cm³/mol. The molecule has 0 spiro atoms. The van der Waals surface area contributed by atoms with Crippen LogP contribution in [0.3, 0.4) is 0 Å². The van der Waals surface area contributed by atoms with Gasteiger partial charge in [0.1, 0.15) is 0 Å². The van der Waals surface area contributed by atoms with Gasteiger partial charge in [0.05, 0.1) is 16.4 Å². The van der Waals surface area contributed by atoms with Crippen LogP contribution in [0.5, 0.6) is 0 Å². The maximum absolute atomic E-state index is 2.51. The van der Waals surface area contributed by atoms with Crippen molar-refractivity contribution in [3.63, 3.8) is 0 Å². The monoisotopic (exact) mass is 933 g/mol. The van der Waals surface area contributed by atoms with E-state index in [2.05, 4.69) is 301 Å². The zero-order valence-electron chi connectivity index (χ0n) is 40.8. The zero-order valence-corrected chi connectivity index (χ0v) is 40.8. The molecule has 1 aromatic heterocycles. The van der Waals surface area contributed by atoms with E-state index < -0.39 is 5.41 Å². The number of nitrogens with zero attached hydrogens (tertiary/aromatic N) is 3. The van der Waals surface area contributed by atoms with Crippen molar-refractivity contribution in [1.29, 1.82) is 0 Å². The van der Waals surface area contributed by atoms with E-state index in [0.717, 1.165) is 50.8 Å². The molecule has 0 saturated heterocycles. The van der Waals surface area contributed by atoms with Crippen LogP contribution < -0.4 is 9.80 Å². The average molecular weight is 934 g/mol. The van der Waals surface area contributed by atoms with Crippen molar-refractivity contribution in [3.05, 3.63) is 306 Å². The molecule has 346 valence electrons. The lowest BCUT2D eigenvalue weighted by atomic mass is 9.67. The highest BCUT2D eigenvalue weighted by atomic mass is 15.1. The summed E-state index contributed by atoms with van der Waals surface area (Å²) < 4.78 is 2.46. The number of para-hydroxylation sites is 3. The largest absolute Gasteiger partial charge is 0.311 e. The Kier molecular flexibility index (Phi) is 9.78. The minimum Gasteiger partial charge on any atom is -0.311 e. The topological polar surface area (TPSA) is 11.4 Å². The highest BCUT2D eigenvalue weighted by Crippen LogP contribution is 2.57. The minimum atomic E-state index is -0.542. The number of hydrogen-bond donors (Lipinski definition) is 0. The van der Waals surface area contributed by atoms with E-state index in [0.29, 0.717) is 0 Å². The number of hydrogen-bond acceptors (Lipinski definition) is 2. The molecule has 3 nitrogen and oxygen atoms in total. The van der Waals surface area contributed by atoms with Gasteiger partial charge in [0.2, 0.25) is 0 Å². The van der Waals surface area contributed by atoms with Gasteiger partial charge < -0.3 is 14.4 Å². The van der Waals surface area contributed by atoms with Crippen molar-refractivity contribution >= 4 is 55.9 Å². The van der Waals surface area contributed by atoms with Crippen LogP contribution in [-0.2, 0) is 10.8 Å². The van der Waals surface area contributed by atoms with Gasteiger partial charge in [-0.25, -0.2) is 0 Å². The molecule has 73 heavy (non-hydrogen) atoms. The van der Waals surface area contributed by atoms with Crippen molar-refractivity contribution in [2.24, 2.45) is 0 Å². The average Bonchev–Trinajstić information content (AvgIpc) is 4.03. The summed E-state index contributed by atoms with van der Waals surface area (Å²) in [5.41, 5.74) is 22.4. The molecule has 0 aliphatic heterocycles. The normalized spacial score (nSPS) is 13.6. The van der Waals surface area contributed by atoms with Crippen molar-refractivity contribution < 1.29 is 0 Å². The third kappa shape index (κ3) is 6.52. The summed E-state index contributed by atoms with van der Waals surface area (Å²) >= 11 is 0. The van der Waals surface area contributed by atoms with Gasteiger partial charge in [-0.1, -0.05) is 184 Å². The van der Waals surface area contributed by atoms with Crippen LogP contribution in [0.1, 0.15) is 47.2 Å². The minimum absolute atomic E-state index is 0.140. The molecule has 0 saturated carbocycles. The fourth-order valence-corrected chi connectivity index (χ4v) is 12.6. The van der Waals surface area contributed by atoms with Crippen LogP contribution in [-0.4, -0.2) is 4.57 Å². The van der Waals surface area contributed by atoms with Crippen LogP contribution >= 0.6 is 0 Å². The Bertz CT molecular complexity index is 3960. The predicted octanol–water partition coefficient (Wildman–Crippen LogP) is 18.4. The number of anilines is 6. The molecular weight excluding hydrogens is 883 g/mol. The van der Waals surface area contributed by atoms with Crippen LogP contribution in [0.4, 0.5) is 34.1 Å². The van der Waals surface area contributed by atoms with Crippen molar-refractivity contribution in [2.75, 3.05) is 9.80 Å². The Morgan fingerprint density at radius 2 is 0.685 bits per heavy atom. The molecule has 0 N–H and O–H groups in total. The summed E-state index contributed by atoms with van der Waals surface area (Å²) in [6, 6.07) is 101. The molecule has 2 aliphatic rings. The van der Waals surface area contributed by atoms with Crippen molar-refractivity contribution in [2.45, 2.75) is 24.7 Å². The summed E-state index contributed by atoms with van der Waals surface area (Å²) in [7, 11) is 0. The maximum atomic E-state index is 2.51. The Morgan fingerprint density at radius 3 is 1.26 bits per heavy atom. The molecule has 0 radical (unpaired) electrons. The van der Waals surface area contributed by atoms with E-state index in [-0.39, 0.29) is 5.41 Å². The molecular formula is C70H51N3. The second-order valence-corrected chi connectivity index (χ2v) is 20.1. The summed E-state index contributed by atoms with van der Waals surface area (Å²) in [6.07, 6.45) is 0. The fraction of sp³-hybridized carbons (Fsp3) is 0.0571. The summed E-state index contributed by atoms with van der Waals surface area (Å²) in [4.78, 5) is 4.77. The van der Waals surface area contributed by atoms with Gasteiger partial charge in [-0.15, -0.1) is 0 Å². The molecule has 0 fully saturated rings. The molecule has 0 bridgehead atoms. The van der Waals surface area contributed by atoms with Gasteiger partial charge in [-0.05, 0) is 159 Å². The van der Waals surface area contributed by atoms with Crippen molar-refractivity contribution in [3.8, 4) is 27.9 Å². The quantitative estimate of drug-likeness (QED) is 0.143. The van der Waals surface area contributed by atoms with Crippen LogP contribution in [0.2, 0.25) is 0 Å². The van der Waals surface area contributed by atoms with Gasteiger partial charge in [-0.2, -0.15) is 0 Å². The first-order valence-corrected chi connectivity index (χ1v) is 25.4. The van der Waals surface area contributed by atoms with E-state index in [1.54, 1.807) is 0 Å². The summed E-state index contributed by atoms with van der Waals surface area (Å²) in [5, 5.41) is 2.38. The van der Waals surface area contributed by atoms with Gasteiger partial charge in [-0.3, -0.25) is 0 Å². The second kappa shape index (κ2) is 16.7. The molecule has 0 amide bonds. The molecule has 12 aromatic rings. The third-order valence-corrected chi connectivity index (χ3v) is 15.8. The van der Waals surface area contributed by atoms with E-state index in [4.69, 9.17) is 0 Å². The molecule has 0 unspecified atom stereocenters. The van der Waals surface area contributed by atoms with E-state index in [1.165, 1.54) is 66.4 Å². The Balaban J connectivity index is 1.01. The molecule has 11 aromatic carbocycles. The molecule has 0 atom stereocenters. The smallest absolute Gasteiger partial charge is 0.0713 e. The first kappa shape index (κ1) is 42.7. The lowest BCUT2D eigenvalue weighted by Gasteiger charge is -2.34. The fourth-order valence-electron chi connectivity index (χ4n) is 12.6. The Hall–Kier alpha value is -9.18. The first-order valence-electron chi connectivity index (χ1n) is 25.4. The molecule has 3 heteroatoms. The van der Waals surface area contributed by atoms with Crippen LogP contribution in [0.15, 0.2) is 273 Å². The summed E-state index contributed by atoms with van der Waals surface area (Å²) in [5.74, 6) is 0. The Morgan fingerprint density at radius 1 is 0.288 bits per heavy atom. The molecule has 1 heterocycles. The van der Waals surface area contributed by atoms with Gasteiger partial charge in [0, 0.05) is 56.0 Å². The van der Waals surface area contributed by atoms with Crippen LogP contribution in [0, 0.1) is 0 Å². The van der Waals surface area contributed by atoms with E-state index >= 15 is 0 Å². The lowest BCUT2D eigenvalue weighted by Crippen LogP contribution is -2.28. The number of rotatable bonds is 9. The van der Waals surface area contributed by atoms with Gasteiger partial charge in [0.25, 0.3) is 0 Å². The zero-order chi connectivity index (χ0) is 48.7. The molecule has 14 rings (SSSR count). The standard InChI is InChI=1S/C70H51N3/c1-69(2)63-32-18-15-29-57(63)60-42-40-56(47-66(60)69)72(52-27-13-6-14-28-52)55-41-44-68-62(46-55)61-45-49(70(48-21-7-3-8-22-48)64-33-19-16-30-58(64)59-31-17-20-34-65(59)70)35-43-67(61)73(68)54-38-36-53(37-39-54)71(50-23-9-4-10-24-50)51-25-11-5-12-26-51/h3-47H,1-2H3. The van der Waals surface area contributed by atoms with Gasteiger partial charge in [0.15, 0.2) is 0 Å². The highest BCUT2D eigenvalue weighted by molar-refractivity contribution is 6.11. The maximum Gasteiger partial charge on any atom is 0.0713 e. The number of benzene rings is 11. The van der Waals surface area contributed by atoms with Gasteiger partial charge >= 0.3 is 0 Å². The number of fused-ring (bicyclic) bond motifs is 9. The summed E-state index contributed by atoms with van der Waals surface area (Å²) in [6.45, 7) is 4.73.